The van der Waals surface area contributed by atoms with E-state index in [1.165, 1.54) is 5.57 Å². The van der Waals surface area contributed by atoms with Crippen LogP contribution in [0.2, 0.25) is 0 Å². The molecular weight excluding hydrogens is 414 g/mol. The van der Waals surface area contributed by atoms with E-state index < -0.39 is 0 Å². The molecule has 6 rings (SSSR count). The number of para-hydroxylation sites is 1. The maximum absolute atomic E-state index is 13.2. The van der Waals surface area contributed by atoms with Crippen LogP contribution in [0.3, 0.4) is 0 Å². The number of aryl methyl sites for hydroxylation is 1. The standard InChI is InChI=1S/C27H29N3O3/c1-2-17-11-12-29-15-20(18-7-3-5-9-22(18)29)24-25(27(32)28-26(24)31)21-16-30(13-14-33-17)23-10-6-4-8-19(21)23/h3,5,7-9,15-17,23H,2,4,6,10-14H2,1H3,(H,28,31,32). The third kappa shape index (κ3) is 3.27. The highest BCUT2D eigenvalue weighted by Gasteiger charge is 2.41. The Bertz CT molecular complexity index is 1250. The van der Waals surface area contributed by atoms with Gasteiger partial charge >= 0.3 is 0 Å². The summed E-state index contributed by atoms with van der Waals surface area (Å²) in [4.78, 5) is 28.6. The van der Waals surface area contributed by atoms with Gasteiger partial charge in [-0.2, -0.15) is 0 Å². The summed E-state index contributed by atoms with van der Waals surface area (Å²) in [7, 11) is 0. The van der Waals surface area contributed by atoms with Gasteiger partial charge in [0.25, 0.3) is 11.8 Å². The Morgan fingerprint density at radius 3 is 2.82 bits per heavy atom. The minimum absolute atomic E-state index is 0.191. The summed E-state index contributed by atoms with van der Waals surface area (Å²) in [6.07, 6.45) is 11.7. The smallest absolute Gasteiger partial charge is 0.259 e. The molecule has 1 N–H and O–H groups in total. The molecule has 170 valence electrons. The van der Waals surface area contributed by atoms with Gasteiger partial charge < -0.3 is 14.2 Å². The lowest BCUT2D eigenvalue weighted by molar-refractivity contribution is -0.123. The van der Waals surface area contributed by atoms with Crippen molar-refractivity contribution >= 4 is 28.3 Å². The Balaban J connectivity index is 1.59. The number of fused-ring (bicyclic) bond motifs is 11. The molecule has 0 radical (unpaired) electrons. The van der Waals surface area contributed by atoms with Crippen LogP contribution in [0, 0.1) is 0 Å². The topological polar surface area (TPSA) is 63.6 Å². The second-order valence-electron chi connectivity index (χ2n) is 9.36. The van der Waals surface area contributed by atoms with Crippen LogP contribution in [0.5, 0.6) is 0 Å². The van der Waals surface area contributed by atoms with Crippen molar-refractivity contribution in [2.45, 2.75) is 57.7 Å². The lowest BCUT2D eigenvalue weighted by atomic mass is 9.86. The molecule has 1 aromatic carbocycles. The SMILES string of the molecule is CCC1CCn2cc(c3ccccc32)C2=C(C(=O)NC2=O)C2=CN(CCO1)C1CCCC=C21. The number of hydrogen-bond donors (Lipinski definition) is 1. The Labute approximate surface area is 193 Å². The molecule has 2 unspecified atom stereocenters. The predicted molar refractivity (Wildman–Crippen MR) is 127 cm³/mol. The van der Waals surface area contributed by atoms with Gasteiger partial charge in [-0.25, -0.2) is 0 Å². The van der Waals surface area contributed by atoms with E-state index in [0.717, 1.165) is 67.2 Å². The van der Waals surface area contributed by atoms with Gasteiger partial charge in [-0.15, -0.1) is 0 Å². The van der Waals surface area contributed by atoms with Crippen molar-refractivity contribution in [3.8, 4) is 0 Å². The fourth-order valence-corrected chi connectivity index (χ4v) is 5.87. The van der Waals surface area contributed by atoms with Gasteiger partial charge in [-0.3, -0.25) is 14.9 Å². The third-order valence-electron chi connectivity index (χ3n) is 7.52. The highest BCUT2D eigenvalue weighted by atomic mass is 16.5. The summed E-state index contributed by atoms with van der Waals surface area (Å²) < 4.78 is 8.51. The molecule has 3 aliphatic heterocycles. The molecular formula is C27H29N3O3. The number of carbonyl (C=O) groups is 2. The summed E-state index contributed by atoms with van der Waals surface area (Å²) in [6.45, 7) is 4.42. The van der Waals surface area contributed by atoms with Crippen LogP contribution in [-0.2, 0) is 20.9 Å². The molecule has 1 aromatic heterocycles. The van der Waals surface area contributed by atoms with Crippen molar-refractivity contribution in [1.82, 2.24) is 14.8 Å². The largest absolute Gasteiger partial charge is 0.376 e. The minimum Gasteiger partial charge on any atom is -0.376 e. The quantitative estimate of drug-likeness (QED) is 0.679. The van der Waals surface area contributed by atoms with Crippen LogP contribution in [-0.4, -0.2) is 46.6 Å². The minimum atomic E-state index is -0.299. The first-order chi connectivity index (χ1) is 16.2. The Morgan fingerprint density at radius 2 is 1.94 bits per heavy atom. The number of nitrogens with zero attached hydrogens (tertiary/aromatic N) is 2. The molecule has 0 saturated carbocycles. The summed E-state index contributed by atoms with van der Waals surface area (Å²) in [6, 6.07) is 8.40. The van der Waals surface area contributed by atoms with E-state index >= 15 is 0 Å². The van der Waals surface area contributed by atoms with Crippen molar-refractivity contribution < 1.29 is 14.3 Å². The van der Waals surface area contributed by atoms with E-state index in [0.29, 0.717) is 17.8 Å². The molecule has 0 fully saturated rings. The summed E-state index contributed by atoms with van der Waals surface area (Å²) in [5.41, 5.74) is 5.03. The molecule has 1 aliphatic carbocycles. The van der Waals surface area contributed by atoms with Crippen molar-refractivity contribution in [2.75, 3.05) is 13.2 Å². The fraction of sp³-hybridized carbons (Fsp3) is 0.407. The second kappa shape index (κ2) is 8.03. The summed E-state index contributed by atoms with van der Waals surface area (Å²) in [5.74, 6) is -0.591. The number of imide groups is 1. The second-order valence-corrected chi connectivity index (χ2v) is 9.36. The first-order valence-corrected chi connectivity index (χ1v) is 12.1. The van der Waals surface area contributed by atoms with Crippen LogP contribution >= 0.6 is 0 Å². The molecule has 6 heteroatoms. The van der Waals surface area contributed by atoms with Crippen molar-refractivity contribution in [2.24, 2.45) is 0 Å². The maximum atomic E-state index is 13.2. The van der Waals surface area contributed by atoms with Crippen molar-refractivity contribution in [3.63, 3.8) is 0 Å². The number of benzene rings is 1. The van der Waals surface area contributed by atoms with Crippen LogP contribution in [0.15, 0.2) is 59.5 Å². The molecule has 2 aromatic rings. The van der Waals surface area contributed by atoms with Crippen LogP contribution < -0.4 is 5.32 Å². The molecule has 6 nitrogen and oxygen atoms in total. The van der Waals surface area contributed by atoms with Gasteiger partial charge in [0.05, 0.1) is 29.9 Å². The number of amides is 2. The molecule has 0 saturated heterocycles. The Morgan fingerprint density at radius 1 is 1.09 bits per heavy atom. The number of rotatable bonds is 1. The van der Waals surface area contributed by atoms with Crippen LogP contribution in [0.25, 0.3) is 16.5 Å². The Hall–Kier alpha value is -3.12. The number of aromatic nitrogens is 1. The first kappa shape index (κ1) is 20.5. The zero-order valence-corrected chi connectivity index (χ0v) is 19.0. The Kier molecular flexibility index (Phi) is 4.98. The van der Waals surface area contributed by atoms with Crippen LogP contribution in [0.4, 0.5) is 0 Å². The number of ether oxygens (including phenoxy) is 1. The first-order valence-electron chi connectivity index (χ1n) is 12.1. The zero-order valence-electron chi connectivity index (χ0n) is 19.0. The van der Waals surface area contributed by atoms with Gasteiger partial charge in [-0.1, -0.05) is 31.2 Å². The van der Waals surface area contributed by atoms with E-state index in [9.17, 15) is 9.59 Å². The van der Waals surface area contributed by atoms with E-state index in [2.05, 4.69) is 46.2 Å². The van der Waals surface area contributed by atoms with E-state index in [1.54, 1.807) is 0 Å². The fourth-order valence-electron chi connectivity index (χ4n) is 5.87. The number of carbonyl (C=O) groups excluding carboxylic acids is 2. The van der Waals surface area contributed by atoms with E-state index in [1.807, 2.05) is 18.2 Å². The summed E-state index contributed by atoms with van der Waals surface area (Å²) in [5, 5.41) is 3.60. The monoisotopic (exact) mass is 443 g/mol. The van der Waals surface area contributed by atoms with Crippen molar-refractivity contribution in [1.29, 1.82) is 0 Å². The molecule has 4 bridgehead atoms. The number of hydrogen-bond acceptors (Lipinski definition) is 4. The predicted octanol–water partition coefficient (Wildman–Crippen LogP) is 3.93. The molecule has 4 heterocycles. The van der Waals surface area contributed by atoms with Gasteiger partial charge in [0.15, 0.2) is 0 Å². The molecule has 2 amide bonds. The summed E-state index contributed by atoms with van der Waals surface area (Å²) >= 11 is 0. The number of allylic oxidation sites excluding steroid dienone is 1. The van der Waals surface area contributed by atoms with Gasteiger partial charge in [-0.05, 0) is 43.7 Å². The zero-order chi connectivity index (χ0) is 22.5. The molecule has 0 spiro atoms. The average Bonchev–Trinajstić information content (AvgIpc) is 3.46. The normalized spacial score (nSPS) is 25.4. The highest BCUT2D eigenvalue weighted by Crippen LogP contribution is 2.43. The highest BCUT2D eigenvalue weighted by molar-refractivity contribution is 6.39. The lowest BCUT2D eigenvalue weighted by Crippen LogP contribution is -2.33. The molecule has 2 atom stereocenters. The maximum Gasteiger partial charge on any atom is 0.259 e. The lowest BCUT2D eigenvalue weighted by Gasteiger charge is -2.29. The van der Waals surface area contributed by atoms with Crippen molar-refractivity contribution in [3.05, 3.63) is 65.0 Å². The van der Waals surface area contributed by atoms with Gasteiger partial charge in [0, 0.05) is 47.5 Å². The van der Waals surface area contributed by atoms with E-state index in [4.69, 9.17) is 4.74 Å². The van der Waals surface area contributed by atoms with Gasteiger partial charge in [0.1, 0.15) is 0 Å². The molecule has 33 heavy (non-hydrogen) atoms. The van der Waals surface area contributed by atoms with Gasteiger partial charge in [0.2, 0.25) is 0 Å². The average molecular weight is 444 g/mol. The van der Waals surface area contributed by atoms with Crippen LogP contribution in [0.1, 0.15) is 44.6 Å². The number of nitrogens with one attached hydrogen (secondary N) is 1. The van der Waals surface area contributed by atoms with E-state index in [-0.39, 0.29) is 24.0 Å². The third-order valence-corrected chi connectivity index (χ3v) is 7.52. The molecule has 4 aliphatic rings.